The molecule has 0 bridgehead atoms. The molecule has 3 aromatic rings. The first-order valence-corrected chi connectivity index (χ1v) is 8.56. The van der Waals surface area contributed by atoms with Gasteiger partial charge in [-0.15, -0.1) is 0 Å². The summed E-state index contributed by atoms with van der Waals surface area (Å²) in [6.07, 6.45) is 4.06. The predicted molar refractivity (Wildman–Crippen MR) is 98.7 cm³/mol. The van der Waals surface area contributed by atoms with Crippen LogP contribution in [0.2, 0.25) is 5.02 Å². The highest BCUT2D eigenvalue weighted by Crippen LogP contribution is 2.26. The molecule has 8 heteroatoms. The summed E-state index contributed by atoms with van der Waals surface area (Å²) in [6, 6.07) is 9.56. The minimum Gasteiger partial charge on any atom is -0.471 e. The van der Waals surface area contributed by atoms with Crippen LogP contribution in [0.4, 0.5) is 11.6 Å². The number of halogens is 1. The van der Waals surface area contributed by atoms with Gasteiger partial charge in [0.15, 0.2) is 5.82 Å². The zero-order valence-corrected chi connectivity index (χ0v) is 14.5. The number of benzene rings is 1. The SMILES string of the molecule is N#Cc1ncc(Nc2cc3cccc(Cl)c3cn2)nc1O[C@@H]1CCNC1. The van der Waals surface area contributed by atoms with E-state index in [0.717, 1.165) is 30.3 Å². The van der Waals surface area contributed by atoms with E-state index in [4.69, 9.17) is 16.3 Å². The number of pyridine rings is 1. The fraction of sp³-hybridized carbons (Fsp3) is 0.222. The zero-order chi connectivity index (χ0) is 17.9. The number of rotatable bonds is 4. The number of aromatic nitrogens is 3. The van der Waals surface area contributed by atoms with Gasteiger partial charge in [0.05, 0.1) is 6.20 Å². The van der Waals surface area contributed by atoms with Crippen LogP contribution in [-0.4, -0.2) is 34.1 Å². The van der Waals surface area contributed by atoms with Crippen molar-refractivity contribution in [1.82, 2.24) is 20.3 Å². The van der Waals surface area contributed by atoms with Crippen molar-refractivity contribution in [2.24, 2.45) is 0 Å². The van der Waals surface area contributed by atoms with Crippen LogP contribution >= 0.6 is 11.6 Å². The fourth-order valence-electron chi connectivity index (χ4n) is 2.81. The van der Waals surface area contributed by atoms with Crippen LogP contribution < -0.4 is 15.4 Å². The van der Waals surface area contributed by atoms with E-state index in [1.807, 2.05) is 30.3 Å². The third-order valence-electron chi connectivity index (χ3n) is 4.11. The van der Waals surface area contributed by atoms with E-state index in [1.54, 1.807) is 6.20 Å². The van der Waals surface area contributed by atoms with Crippen molar-refractivity contribution in [2.45, 2.75) is 12.5 Å². The van der Waals surface area contributed by atoms with Gasteiger partial charge < -0.3 is 15.4 Å². The van der Waals surface area contributed by atoms with Gasteiger partial charge in [0, 0.05) is 23.2 Å². The van der Waals surface area contributed by atoms with Crippen LogP contribution in [0.3, 0.4) is 0 Å². The molecule has 1 atom stereocenters. The fourth-order valence-corrected chi connectivity index (χ4v) is 3.04. The summed E-state index contributed by atoms with van der Waals surface area (Å²) in [5.74, 6) is 1.29. The van der Waals surface area contributed by atoms with Crippen LogP contribution in [0.25, 0.3) is 10.8 Å². The van der Waals surface area contributed by atoms with Crippen molar-refractivity contribution >= 4 is 34.0 Å². The van der Waals surface area contributed by atoms with Gasteiger partial charge in [-0.05, 0) is 30.5 Å². The van der Waals surface area contributed by atoms with Gasteiger partial charge >= 0.3 is 0 Å². The molecule has 4 rings (SSSR count). The summed E-state index contributed by atoms with van der Waals surface area (Å²) >= 11 is 6.17. The molecule has 0 saturated carbocycles. The van der Waals surface area contributed by atoms with Gasteiger partial charge in [0.1, 0.15) is 18.0 Å². The highest BCUT2D eigenvalue weighted by Gasteiger charge is 2.19. The molecule has 7 nitrogen and oxygen atoms in total. The molecule has 2 aromatic heterocycles. The third-order valence-corrected chi connectivity index (χ3v) is 4.44. The Morgan fingerprint density at radius 2 is 2.19 bits per heavy atom. The number of hydrogen-bond acceptors (Lipinski definition) is 7. The quantitative estimate of drug-likeness (QED) is 0.732. The van der Waals surface area contributed by atoms with Crippen LogP contribution in [0.1, 0.15) is 12.1 Å². The first-order valence-electron chi connectivity index (χ1n) is 8.19. The molecule has 2 N–H and O–H groups in total. The lowest BCUT2D eigenvalue weighted by molar-refractivity contribution is 0.212. The van der Waals surface area contributed by atoms with E-state index in [0.29, 0.717) is 16.7 Å². The average molecular weight is 367 g/mol. The van der Waals surface area contributed by atoms with Crippen molar-refractivity contribution in [1.29, 1.82) is 5.26 Å². The van der Waals surface area contributed by atoms with Gasteiger partial charge in [0.25, 0.3) is 5.88 Å². The monoisotopic (exact) mass is 366 g/mol. The molecule has 0 amide bonds. The highest BCUT2D eigenvalue weighted by molar-refractivity contribution is 6.35. The van der Waals surface area contributed by atoms with E-state index < -0.39 is 0 Å². The number of nitriles is 1. The van der Waals surface area contributed by atoms with E-state index in [2.05, 4.69) is 25.6 Å². The lowest BCUT2D eigenvalue weighted by atomic mass is 10.2. The molecule has 1 fully saturated rings. The number of fused-ring (bicyclic) bond motifs is 1. The lowest BCUT2D eigenvalue weighted by Crippen LogP contribution is -2.21. The van der Waals surface area contributed by atoms with Crippen molar-refractivity contribution < 1.29 is 4.74 Å². The molecular formula is C18H15ClN6O. The minimum atomic E-state index is -0.00687. The Morgan fingerprint density at radius 3 is 3.00 bits per heavy atom. The second-order valence-electron chi connectivity index (χ2n) is 5.91. The number of anilines is 2. The van der Waals surface area contributed by atoms with E-state index in [-0.39, 0.29) is 17.7 Å². The zero-order valence-electron chi connectivity index (χ0n) is 13.7. The van der Waals surface area contributed by atoms with Gasteiger partial charge in [-0.1, -0.05) is 23.7 Å². The topological polar surface area (TPSA) is 95.8 Å². The van der Waals surface area contributed by atoms with Gasteiger partial charge in [-0.25, -0.2) is 9.97 Å². The maximum Gasteiger partial charge on any atom is 0.253 e. The van der Waals surface area contributed by atoms with Crippen molar-refractivity contribution in [2.75, 3.05) is 18.4 Å². The van der Waals surface area contributed by atoms with Crippen molar-refractivity contribution in [3.8, 4) is 11.9 Å². The average Bonchev–Trinajstić information content (AvgIpc) is 3.15. The maximum absolute atomic E-state index is 9.22. The Labute approximate surface area is 155 Å². The molecule has 3 heterocycles. The molecule has 0 spiro atoms. The first-order chi connectivity index (χ1) is 12.7. The summed E-state index contributed by atoms with van der Waals surface area (Å²) in [6.45, 7) is 1.62. The summed E-state index contributed by atoms with van der Waals surface area (Å²) in [5.41, 5.74) is 0.167. The molecule has 1 aliphatic rings. The smallest absolute Gasteiger partial charge is 0.253 e. The molecule has 0 unspecified atom stereocenters. The van der Waals surface area contributed by atoms with Crippen LogP contribution in [0, 0.1) is 11.3 Å². The Kier molecular flexibility index (Phi) is 4.52. The Balaban J connectivity index is 1.60. The largest absolute Gasteiger partial charge is 0.471 e. The Morgan fingerprint density at radius 1 is 1.27 bits per heavy atom. The Hall–Kier alpha value is -2.95. The third kappa shape index (κ3) is 3.38. The molecule has 1 aromatic carbocycles. The summed E-state index contributed by atoms with van der Waals surface area (Å²) in [5, 5.41) is 18.0. The second kappa shape index (κ2) is 7.12. The summed E-state index contributed by atoms with van der Waals surface area (Å²) in [7, 11) is 0. The standard InChI is InChI=1S/C18H15ClN6O/c19-14-3-1-2-11-6-16(23-9-13(11)14)24-17-10-22-15(7-20)18(25-17)26-12-4-5-21-8-12/h1-3,6,9-10,12,21H,4-5,8H2,(H,23,24,25)/t12-/m1/s1. The van der Waals surface area contributed by atoms with Gasteiger partial charge in [-0.2, -0.15) is 10.2 Å². The molecule has 0 radical (unpaired) electrons. The number of ether oxygens (including phenoxy) is 1. The van der Waals surface area contributed by atoms with E-state index in [9.17, 15) is 5.26 Å². The molecule has 0 aliphatic carbocycles. The second-order valence-corrected chi connectivity index (χ2v) is 6.32. The van der Waals surface area contributed by atoms with Crippen LogP contribution in [0.15, 0.2) is 36.7 Å². The maximum atomic E-state index is 9.22. The Bertz CT molecular complexity index is 997. The van der Waals surface area contributed by atoms with Crippen LogP contribution in [-0.2, 0) is 0 Å². The molecule has 130 valence electrons. The molecule has 1 aliphatic heterocycles. The van der Waals surface area contributed by atoms with Crippen LogP contribution in [0.5, 0.6) is 5.88 Å². The highest BCUT2D eigenvalue weighted by atomic mass is 35.5. The normalized spacial score (nSPS) is 16.4. The van der Waals surface area contributed by atoms with E-state index in [1.165, 1.54) is 6.20 Å². The van der Waals surface area contributed by atoms with Gasteiger partial charge in [0.2, 0.25) is 5.69 Å². The summed E-state index contributed by atoms with van der Waals surface area (Å²) in [4.78, 5) is 12.9. The number of nitrogens with one attached hydrogen (secondary N) is 2. The number of hydrogen-bond donors (Lipinski definition) is 2. The first kappa shape index (κ1) is 16.5. The van der Waals surface area contributed by atoms with Crippen molar-refractivity contribution in [3.63, 3.8) is 0 Å². The number of nitrogens with zero attached hydrogens (tertiary/aromatic N) is 4. The van der Waals surface area contributed by atoms with Crippen molar-refractivity contribution in [3.05, 3.63) is 47.4 Å². The molecular weight excluding hydrogens is 352 g/mol. The molecule has 1 saturated heterocycles. The van der Waals surface area contributed by atoms with E-state index >= 15 is 0 Å². The summed E-state index contributed by atoms with van der Waals surface area (Å²) < 4.78 is 5.83. The lowest BCUT2D eigenvalue weighted by Gasteiger charge is -2.13. The predicted octanol–water partition coefficient (Wildman–Crippen LogP) is 3.03. The molecule has 26 heavy (non-hydrogen) atoms. The van der Waals surface area contributed by atoms with Gasteiger partial charge in [-0.3, -0.25) is 0 Å². The minimum absolute atomic E-state index is 0.00687.